The smallest absolute Gasteiger partial charge is 0.306 e. The summed E-state index contributed by atoms with van der Waals surface area (Å²) in [5.41, 5.74) is 0. The average Bonchev–Trinajstić information content (AvgIpc) is 2.70. The van der Waals surface area contributed by atoms with Gasteiger partial charge in [-0.3, -0.25) is 4.79 Å². The molecule has 7 heteroatoms. The van der Waals surface area contributed by atoms with Crippen LogP contribution in [0.15, 0.2) is 0 Å². The highest BCUT2D eigenvalue weighted by atomic mass is 32.2. The highest BCUT2D eigenvalue weighted by Crippen LogP contribution is 2.37. The van der Waals surface area contributed by atoms with Crippen molar-refractivity contribution >= 4 is 15.8 Å². The van der Waals surface area contributed by atoms with Crippen LogP contribution in [0.3, 0.4) is 0 Å². The van der Waals surface area contributed by atoms with E-state index in [-0.39, 0.29) is 18.8 Å². The lowest BCUT2D eigenvalue weighted by Crippen LogP contribution is -2.43. The molecule has 0 aliphatic carbocycles. The molecule has 1 N–H and O–H groups in total. The molecule has 0 saturated carbocycles. The second-order valence-electron chi connectivity index (χ2n) is 4.66. The van der Waals surface area contributed by atoms with Crippen LogP contribution in [-0.4, -0.2) is 49.0 Å². The van der Waals surface area contributed by atoms with Gasteiger partial charge in [-0.25, -0.2) is 8.42 Å². The van der Waals surface area contributed by atoms with Crippen molar-refractivity contribution in [2.24, 2.45) is 0 Å². The minimum atomic E-state index is -3.18. The number of ether oxygens (including phenoxy) is 2. The number of hydrogen-bond donors (Lipinski definition) is 1. The third kappa shape index (κ3) is 2.46. The van der Waals surface area contributed by atoms with Crippen molar-refractivity contribution in [3.63, 3.8) is 0 Å². The lowest BCUT2D eigenvalue weighted by atomic mass is 10.1. The van der Waals surface area contributed by atoms with Crippen LogP contribution in [0.2, 0.25) is 0 Å². The molecule has 2 saturated heterocycles. The molecule has 0 radical (unpaired) electrons. The maximum Gasteiger partial charge on any atom is 0.306 e. The van der Waals surface area contributed by atoms with Crippen LogP contribution in [-0.2, 0) is 24.1 Å². The van der Waals surface area contributed by atoms with Crippen molar-refractivity contribution in [3.05, 3.63) is 0 Å². The predicted octanol–water partition coefficient (Wildman–Crippen LogP) is 0.170. The lowest BCUT2D eigenvalue weighted by Gasteiger charge is -2.28. The summed E-state index contributed by atoms with van der Waals surface area (Å²) in [6, 6.07) is 0. The van der Waals surface area contributed by atoms with E-state index in [1.807, 2.05) is 0 Å². The second kappa shape index (κ2) is 4.22. The van der Waals surface area contributed by atoms with Crippen molar-refractivity contribution in [1.82, 2.24) is 0 Å². The quantitative estimate of drug-likeness (QED) is 0.781. The molecule has 0 amide bonds. The maximum absolute atomic E-state index is 11.8. The molecule has 6 nitrogen and oxygen atoms in total. The summed E-state index contributed by atoms with van der Waals surface area (Å²) in [6.45, 7) is 1.72. The Hall–Kier alpha value is -0.660. The Labute approximate surface area is 99.8 Å². The number of rotatable bonds is 3. The number of carboxylic acids is 1. The molecule has 0 aromatic rings. The van der Waals surface area contributed by atoms with E-state index in [2.05, 4.69) is 0 Å². The van der Waals surface area contributed by atoms with Gasteiger partial charge in [-0.05, 0) is 19.8 Å². The summed E-state index contributed by atoms with van der Waals surface area (Å²) in [7, 11) is -3.18. The van der Waals surface area contributed by atoms with Gasteiger partial charge in [0.2, 0.25) is 0 Å². The molecule has 2 aliphatic heterocycles. The van der Waals surface area contributed by atoms with Gasteiger partial charge in [0.05, 0.1) is 24.9 Å². The minimum absolute atomic E-state index is 0.134. The van der Waals surface area contributed by atoms with Gasteiger partial charge in [0.1, 0.15) is 5.25 Å². The van der Waals surface area contributed by atoms with E-state index >= 15 is 0 Å². The van der Waals surface area contributed by atoms with Crippen LogP contribution in [0.4, 0.5) is 0 Å². The summed E-state index contributed by atoms with van der Waals surface area (Å²) in [5.74, 6) is -2.00. The van der Waals surface area contributed by atoms with E-state index in [0.29, 0.717) is 12.8 Å². The second-order valence-corrected chi connectivity index (χ2v) is 6.97. The van der Waals surface area contributed by atoms with Crippen LogP contribution in [0, 0.1) is 0 Å². The average molecular weight is 264 g/mol. The normalized spacial score (nSPS) is 40.5. The fourth-order valence-corrected chi connectivity index (χ4v) is 4.66. The third-order valence-corrected chi connectivity index (χ3v) is 5.66. The molecule has 17 heavy (non-hydrogen) atoms. The molecule has 98 valence electrons. The van der Waals surface area contributed by atoms with Gasteiger partial charge in [-0.15, -0.1) is 0 Å². The first-order valence-corrected chi connectivity index (χ1v) is 7.30. The molecular weight excluding hydrogens is 248 g/mol. The monoisotopic (exact) mass is 264 g/mol. The molecule has 2 heterocycles. The molecule has 3 unspecified atom stereocenters. The van der Waals surface area contributed by atoms with Crippen LogP contribution < -0.4 is 0 Å². The Balaban J connectivity index is 2.09. The zero-order valence-corrected chi connectivity index (χ0v) is 10.4. The van der Waals surface area contributed by atoms with E-state index in [9.17, 15) is 13.2 Å². The third-order valence-electron chi connectivity index (χ3n) is 3.27. The molecule has 2 fully saturated rings. The summed E-state index contributed by atoms with van der Waals surface area (Å²) in [4.78, 5) is 10.6. The molecule has 2 rings (SSSR count). The Morgan fingerprint density at radius 2 is 2.24 bits per heavy atom. The Bertz CT molecular complexity index is 417. The molecule has 3 atom stereocenters. The van der Waals surface area contributed by atoms with E-state index in [1.165, 1.54) is 0 Å². The predicted molar refractivity (Wildman–Crippen MR) is 58.3 cm³/mol. The number of hydrogen-bond acceptors (Lipinski definition) is 5. The summed E-state index contributed by atoms with van der Waals surface area (Å²) < 4.78 is 34.5. The van der Waals surface area contributed by atoms with E-state index in [1.54, 1.807) is 6.92 Å². The van der Waals surface area contributed by atoms with Crippen molar-refractivity contribution in [2.45, 2.75) is 43.3 Å². The highest BCUT2D eigenvalue weighted by Gasteiger charge is 2.52. The largest absolute Gasteiger partial charge is 0.481 e. The van der Waals surface area contributed by atoms with Crippen molar-refractivity contribution in [2.75, 3.05) is 12.4 Å². The topological polar surface area (TPSA) is 89.9 Å². The van der Waals surface area contributed by atoms with Gasteiger partial charge in [0.25, 0.3) is 0 Å². The first kappa shape index (κ1) is 12.8. The number of carboxylic acid groups (broad SMARTS) is 1. The minimum Gasteiger partial charge on any atom is -0.481 e. The maximum atomic E-state index is 11.8. The van der Waals surface area contributed by atoms with Gasteiger partial charge in [0, 0.05) is 0 Å². The molecule has 0 bridgehead atoms. The van der Waals surface area contributed by atoms with Crippen molar-refractivity contribution in [1.29, 1.82) is 0 Å². The van der Waals surface area contributed by atoms with Crippen molar-refractivity contribution < 1.29 is 27.8 Å². The van der Waals surface area contributed by atoms with Crippen LogP contribution in [0.5, 0.6) is 0 Å². The van der Waals surface area contributed by atoms with Crippen LogP contribution in [0.25, 0.3) is 0 Å². The molecule has 0 aromatic carbocycles. The molecule has 0 aromatic heterocycles. The van der Waals surface area contributed by atoms with Gasteiger partial charge >= 0.3 is 5.97 Å². The van der Waals surface area contributed by atoms with Crippen LogP contribution >= 0.6 is 0 Å². The van der Waals surface area contributed by atoms with E-state index in [0.717, 1.165) is 0 Å². The fourth-order valence-electron chi connectivity index (χ4n) is 2.50. The van der Waals surface area contributed by atoms with Gasteiger partial charge in [0.15, 0.2) is 15.6 Å². The zero-order valence-electron chi connectivity index (χ0n) is 9.59. The Morgan fingerprint density at radius 3 is 2.76 bits per heavy atom. The number of sulfone groups is 1. The molecule has 2 aliphatic rings. The van der Waals surface area contributed by atoms with Gasteiger partial charge < -0.3 is 14.6 Å². The summed E-state index contributed by atoms with van der Waals surface area (Å²) in [5, 5.41) is 7.99. The van der Waals surface area contributed by atoms with Gasteiger partial charge in [-0.2, -0.15) is 0 Å². The Kier molecular flexibility index (Phi) is 3.17. The molecular formula is C10H16O6S. The highest BCUT2D eigenvalue weighted by molar-refractivity contribution is 7.92. The molecule has 0 spiro atoms. The fraction of sp³-hybridized carbons (Fsp3) is 0.900. The van der Waals surface area contributed by atoms with E-state index < -0.39 is 32.9 Å². The standard InChI is InChI=1S/C10H16O6S/c1-10(8-3-2-4-17(8,13)14)15-6-7(16-10)5-9(11)12/h7-8H,2-6H2,1H3,(H,11,12). The first-order chi connectivity index (χ1) is 7.83. The SMILES string of the molecule is CC1(C2CCCS2(=O)=O)OCC(CC(=O)O)O1. The van der Waals surface area contributed by atoms with Gasteiger partial charge in [-0.1, -0.05) is 0 Å². The van der Waals surface area contributed by atoms with Crippen molar-refractivity contribution in [3.8, 4) is 0 Å². The van der Waals surface area contributed by atoms with Crippen LogP contribution in [0.1, 0.15) is 26.2 Å². The number of carbonyl (C=O) groups is 1. The number of aliphatic carboxylic acids is 1. The lowest BCUT2D eigenvalue weighted by molar-refractivity contribution is -0.159. The zero-order chi connectivity index (χ0) is 12.7. The Morgan fingerprint density at radius 1 is 1.53 bits per heavy atom. The summed E-state index contributed by atoms with van der Waals surface area (Å²) in [6.07, 6.45) is 0.396. The first-order valence-electron chi connectivity index (χ1n) is 5.59. The van der Waals surface area contributed by atoms with E-state index in [4.69, 9.17) is 14.6 Å². The summed E-state index contributed by atoms with van der Waals surface area (Å²) >= 11 is 0.